The predicted octanol–water partition coefficient (Wildman–Crippen LogP) is 2.58. The van der Waals surface area contributed by atoms with Crippen LogP contribution in [0.15, 0.2) is 42.5 Å². The van der Waals surface area contributed by atoms with Crippen LogP contribution in [0.4, 0.5) is 0 Å². The van der Waals surface area contributed by atoms with Crippen molar-refractivity contribution in [2.24, 2.45) is 0 Å². The fraction of sp³-hybridized carbons (Fsp3) is 0.0833. The van der Waals surface area contributed by atoms with Gasteiger partial charge in [0.2, 0.25) is 0 Å². The Morgan fingerprint density at radius 1 is 1.07 bits per heavy atom. The lowest BCUT2D eigenvalue weighted by Crippen LogP contribution is -1.99. The van der Waals surface area contributed by atoms with E-state index in [0.29, 0.717) is 5.56 Å². The summed E-state index contributed by atoms with van der Waals surface area (Å²) >= 11 is 0. The van der Waals surface area contributed by atoms with Gasteiger partial charge in [0.1, 0.15) is 0 Å². The molecule has 0 radical (unpaired) electrons. The summed E-state index contributed by atoms with van der Waals surface area (Å²) in [5.74, 6) is -0.286. The molecule has 0 aromatic heterocycles. The fourth-order valence-electron chi connectivity index (χ4n) is 1.50. The molecule has 0 fully saturated rings. The maximum atomic E-state index is 11.4. The van der Waals surface area contributed by atoms with Gasteiger partial charge in [-0.25, -0.2) is 4.79 Å². The average Bonchev–Trinajstić information content (AvgIpc) is 2.46. The van der Waals surface area contributed by atoms with E-state index in [2.05, 4.69) is 0 Å². The van der Waals surface area contributed by atoms with Crippen molar-refractivity contribution >= 4 is 5.97 Å². The molecule has 14 heavy (non-hydrogen) atoms. The fourth-order valence-corrected chi connectivity index (χ4v) is 1.50. The first-order valence-electron chi connectivity index (χ1n) is 4.39. The van der Waals surface area contributed by atoms with Gasteiger partial charge in [0.15, 0.2) is 0 Å². The molecule has 0 saturated carbocycles. The molecule has 0 aliphatic heterocycles. The molecule has 0 N–H and O–H groups in total. The number of esters is 1. The molecule has 0 atom stereocenters. The van der Waals surface area contributed by atoms with Crippen molar-refractivity contribution in [1.82, 2.24) is 0 Å². The zero-order valence-corrected chi connectivity index (χ0v) is 7.86. The minimum absolute atomic E-state index is 0.286. The number of hydrogen-bond acceptors (Lipinski definition) is 2. The van der Waals surface area contributed by atoms with E-state index in [4.69, 9.17) is 4.74 Å². The molecule has 0 aromatic carbocycles. The average molecular weight is 186 g/mol. The molecule has 0 amide bonds. The van der Waals surface area contributed by atoms with Gasteiger partial charge in [-0.1, -0.05) is 36.4 Å². The Morgan fingerprint density at radius 2 is 1.86 bits per heavy atom. The number of ether oxygens (including phenoxy) is 1. The lowest BCUT2D eigenvalue weighted by Gasteiger charge is -1.98. The molecule has 2 aliphatic rings. The highest BCUT2D eigenvalue weighted by Crippen LogP contribution is 2.26. The van der Waals surface area contributed by atoms with Gasteiger partial charge in [0.05, 0.1) is 12.7 Å². The van der Waals surface area contributed by atoms with E-state index in [9.17, 15) is 4.79 Å². The summed E-state index contributed by atoms with van der Waals surface area (Å²) in [5, 5.41) is 0. The number of methoxy groups -OCH3 is 1. The van der Waals surface area contributed by atoms with Crippen molar-refractivity contribution in [3.8, 4) is 11.1 Å². The highest BCUT2D eigenvalue weighted by molar-refractivity contribution is 5.98. The summed E-state index contributed by atoms with van der Waals surface area (Å²) < 4.78 is 4.69. The lowest BCUT2D eigenvalue weighted by atomic mass is 10.1. The third-order valence-electron chi connectivity index (χ3n) is 2.20. The van der Waals surface area contributed by atoms with Gasteiger partial charge in [0.25, 0.3) is 0 Å². The minimum Gasteiger partial charge on any atom is -0.465 e. The van der Waals surface area contributed by atoms with E-state index in [-0.39, 0.29) is 5.97 Å². The zero-order chi connectivity index (χ0) is 9.97. The maximum absolute atomic E-state index is 11.4. The molecule has 0 bridgehead atoms. The van der Waals surface area contributed by atoms with Crippen LogP contribution in [-0.2, 0) is 4.74 Å². The van der Waals surface area contributed by atoms with Crippen molar-refractivity contribution in [2.75, 3.05) is 7.11 Å². The first-order chi connectivity index (χ1) is 6.83. The zero-order valence-electron chi connectivity index (χ0n) is 7.86. The number of carbonyl (C=O) groups excluding carboxylic acids is 1. The number of carbonyl (C=O) groups is 1. The molecule has 0 spiro atoms. The third kappa shape index (κ3) is 1.35. The first kappa shape index (κ1) is 8.75. The summed E-state index contributed by atoms with van der Waals surface area (Å²) in [5.41, 5.74) is 2.61. The Bertz CT molecular complexity index is 434. The van der Waals surface area contributed by atoms with Gasteiger partial charge in [-0.2, -0.15) is 0 Å². The van der Waals surface area contributed by atoms with E-state index >= 15 is 0 Å². The van der Waals surface area contributed by atoms with Crippen molar-refractivity contribution in [2.45, 2.75) is 0 Å². The SMILES string of the molecule is COC(=O)c1ccc2cccccc1-2. The molecular weight excluding hydrogens is 176 g/mol. The second kappa shape index (κ2) is 3.50. The van der Waals surface area contributed by atoms with Crippen LogP contribution < -0.4 is 0 Å². The second-order valence-electron chi connectivity index (χ2n) is 3.02. The Labute approximate surface area is 82.5 Å². The van der Waals surface area contributed by atoms with Crippen LogP contribution in [0, 0.1) is 0 Å². The summed E-state index contributed by atoms with van der Waals surface area (Å²) in [7, 11) is 1.39. The Hall–Kier alpha value is -1.83. The van der Waals surface area contributed by atoms with Crippen LogP contribution >= 0.6 is 0 Å². The molecule has 2 rings (SSSR count). The standard InChI is InChI=1S/C12H10O2/c1-14-12(13)11-8-7-9-5-3-2-4-6-10(9)11/h2-8H,1H3. The molecule has 0 saturated heterocycles. The molecule has 2 heteroatoms. The monoisotopic (exact) mass is 186 g/mol. The van der Waals surface area contributed by atoms with E-state index in [1.807, 2.05) is 36.4 Å². The van der Waals surface area contributed by atoms with Gasteiger partial charge in [-0.05, 0) is 17.2 Å². The van der Waals surface area contributed by atoms with E-state index in [1.54, 1.807) is 6.07 Å². The Morgan fingerprint density at radius 3 is 2.64 bits per heavy atom. The molecule has 2 nitrogen and oxygen atoms in total. The summed E-state index contributed by atoms with van der Waals surface area (Å²) in [4.78, 5) is 11.4. The van der Waals surface area contributed by atoms with Crippen LogP contribution in [0.1, 0.15) is 10.4 Å². The topological polar surface area (TPSA) is 26.3 Å². The summed E-state index contributed by atoms with van der Waals surface area (Å²) in [6, 6.07) is 13.4. The van der Waals surface area contributed by atoms with E-state index in [0.717, 1.165) is 11.1 Å². The minimum atomic E-state index is -0.286. The number of rotatable bonds is 1. The van der Waals surface area contributed by atoms with Crippen LogP contribution in [-0.4, -0.2) is 13.1 Å². The van der Waals surface area contributed by atoms with Gasteiger partial charge in [-0.3, -0.25) is 0 Å². The second-order valence-corrected chi connectivity index (χ2v) is 3.02. The van der Waals surface area contributed by atoms with E-state index in [1.165, 1.54) is 7.11 Å². The van der Waals surface area contributed by atoms with Crippen molar-refractivity contribution < 1.29 is 9.53 Å². The van der Waals surface area contributed by atoms with Gasteiger partial charge in [-0.15, -0.1) is 0 Å². The lowest BCUT2D eigenvalue weighted by molar-refractivity contribution is 0.0602. The maximum Gasteiger partial charge on any atom is 0.338 e. The summed E-state index contributed by atoms with van der Waals surface area (Å²) in [6.07, 6.45) is 0. The molecule has 2 aliphatic carbocycles. The quantitative estimate of drug-likeness (QED) is 0.640. The van der Waals surface area contributed by atoms with Gasteiger partial charge in [0, 0.05) is 0 Å². The Balaban J connectivity index is 2.58. The van der Waals surface area contributed by atoms with Gasteiger partial charge >= 0.3 is 5.97 Å². The highest BCUT2D eigenvalue weighted by Gasteiger charge is 2.14. The van der Waals surface area contributed by atoms with E-state index < -0.39 is 0 Å². The highest BCUT2D eigenvalue weighted by atomic mass is 16.5. The molecule has 0 heterocycles. The number of hydrogen-bond donors (Lipinski definition) is 0. The Kier molecular flexibility index (Phi) is 2.19. The van der Waals surface area contributed by atoms with Gasteiger partial charge < -0.3 is 4.74 Å². The van der Waals surface area contributed by atoms with Crippen molar-refractivity contribution in [3.05, 3.63) is 48.0 Å². The molecule has 0 unspecified atom stereocenters. The third-order valence-corrected chi connectivity index (χ3v) is 2.20. The van der Waals surface area contributed by atoms with Crippen LogP contribution in [0.3, 0.4) is 0 Å². The van der Waals surface area contributed by atoms with Crippen molar-refractivity contribution in [3.63, 3.8) is 0 Å². The normalized spacial score (nSPS) is 10.1. The largest absolute Gasteiger partial charge is 0.465 e. The number of fused-ring (bicyclic) bond motifs is 1. The van der Waals surface area contributed by atoms with Crippen molar-refractivity contribution in [1.29, 1.82) is 0 Å². The first-order valence-corrected chi connectivity index (χ1v) is 4.39. The van der Waals surface area contributed by atoms with Crippen LogP contribution in [0.5, 0.6) is 0 Å². The van der Waals surface area contributed by atoms with Crippen LogP contribution in [0.2, 0.25) is 0 Å². The smallest absolute Gasteiger partial charge is 0.338 e. The predicted molar refractivity (Wildman–Crippen MR) is 54.4 cm³/mol. The van der Waals surface area contributed by atoms with Crippen LogP contribution in [0.25, 0.3) is 11.1 Å². The molecule has 0 aromatic rings. The molecule has 70 valence electrons. The molecular formula is C12H10O2. The summed E-state index contributed by atoms with van der Waals surface area (Å²) in [6.45, 7) is 0.